The summed E-state index contributed by atoms with van der Waals surface area (Å²) in [4.78, 5) is 26.4. The second kappa shape index (κ2) is 19.7. The van der Waals surface area contributed by atoms with Gasteiger partial charge in [0.05, 0.1) is 24.4 Å². The van der Waals surface area contributed by atoms with Gasteiger partial charge in [-0.25, -0.2) is 9.59 Å². The molecule has 0 aromatic carbocycles. The van der Waals surface area contributed by atoms with Gasteiger partial charge in [-0.1, -0.05) is 119 Å². The predicted octanol–water partition coefficient (Wildman–Crippen LogP) is 6.91. The highest BCUT2D eigenvalue weighted by Crippen LogP contribution is 2.44. The quantitative estimate of drug-likeness (QED) is 0.173. The fraction of sp³-hybridized carbons (Fsp3) is 0.773. The van der Waals surface area contributed by atoms with E-state index < -0.39 is 71.6 Å². The lowest BCUT2D eigenvalue weighted by Crippen LogP contribution is -2.56. The van der Waals surface area contributed by atoms with Crippen molar-refractivity contribution in [1.29, 1.82) is 0 Å². The number of rotatable bonds is 10. The largest absolute Gasteiger partial charge is 0.458 e. The average molecular weight is 761 g/mol. The minimum absolute atomic E-state index is 0.173. The number of aliphatic hydroxyl groups excluding tert-OH is 2. The van der Waals surface area contributed by atoms with Crippen LogP contribution in [0.5, 0.6) is 0 Å². The number of aliphatic hydroxyl groups is 4. The molecule has 2 fully saturated rings. The topological polar surface area (TPSA) is 152 Å². The molecular weight excluding hydrogens is 688 g/mol. The zero-order chi connectivity index (χ0) is 40.7. The van der Waals surface area contributed by atoms with Crippen molar-refractivity contribution in [2.45, 2.75) is 157 Å². The van der Waals surface area contributed by atoms with Gasteiger partial charge >= 0.3 is 11.9 Å². The molecule has 3 rings (SSSR count). The lowest BCUT2D eigenvalue weighted by molar-refractivity contribution is -0.313. The molecule has 0 spiro atoms. The first-order valence-electron chi connectivity index (χ1n) is 20.5. The van der Waals surface area contributed by atoms with E-state index in [1.165, 1.54) is 12.2 Å². The fourth-order valence-electron chi connectivity index (χ4n) is 9.65. The van der Waals surface area contributed by atoms with Gasteiger partial charge in [-0.3, -0.25) is 0 Å². The lowest BCUT2D eigenvalue weighted by Gasteiger charge is -2.49. The molecule has 0 radical (unpaired) electrons. The summed E-state index contributed by atoms with van der Waals surface area (Å²) in [7, 11) is 0. The number of hydrogen-bond acceptors (Lipinski definition) is 10. The molecule has 0 aromatic rings. The van der Waals surface area contributed by atoms with Crippen molar-refractivity contribution in [3.63, 3.8) is 0 Å². The van der Waals surface area contributed by atoms with Crippen molar-refractivity contribution in [1.82, 2.24) is 0 Å². The van der Waals surface area contributed by atoms with Crippen LogP contribution in [0.1, 0.15) is 109 Å². The van der Waals surface area contributed by atoms with Crippen LogP contribution in [-0.4, -0.2) is 80.6 Å². The Balaban J connectivity index is 1.81. The summed E-state index contributed by atoms with van der Waals surface area (Å²) in [5.41, 5.74) is 0. The Labute approximate surface area is 325 Å². The van der Waals surface area contributed by atoms with Crippen LogP contribution in [0, 0.1) is 59.2 Å². The fourth-order valence-corrected chi connectivity index (χ4v) is 9.65. The van der Waals surface area contributed by atoms with Gasteiger partial charge in [-0.15, -0.1) is 0 Å². The zero-order valence-corrected chi connectivity index (χ0v) is 34.9. The van der Waals surface area contributed by atoms with E-state index in [-0.39, 0.29) is 35.9 Å². The summed E-state index contributed by atoms with van der Waals surface area (Å²) in [5.74, 6) is -6.53. The highest BCUT2D eigenvalue weighted by Gasteiger charge is 2.51. The molecule has 308 valence electrons. The first kappa shape index (κ1) is 46.0. The number of carbonyl (C=O) groups is 2. The third-order valence-electron chi connectivity index (χ3n) is 13.2. The normalized spacial score (nSPS) is 43.0. The number of cyclic esters (lactones) is 2. The van der Waals surface area contributed by atoms with E-state index >= 15 is 0 Å². The molecule has 10 heteroatoms. The average Bonchev–Trinajstić information content (AvgIpc) is 3.10. The van der Waals surface area contributed by atoms with Gasteiger partial charge in [0, 0.05) is 60.5 Å². The van der Waals surface area contributed by atoms with Crippen molar-refractivity contribution < 1.29 is 49.0 Å². The highest BCUT2D eigenvalue weighted by atomic mass is 16.6. The van der Waals surface area contributed by atoms with Gasteiger partial charge in [-0.05, 0) is 37.5 Å². The molecule has 10 nitrogen and oxygen atoms in total. The molecule has 0 aliphatic carbocycles. The Hall–Kier alpha value is -2.34. The zero-order valence-electron chi connectivity index (χ0n) is 34.9. The van der Waals surface area contributed by atoms with Crippen LogP contribution >= 0.6 is 0 Å². The van der Waals surface area contributed by atoms with Gasteiger partial charge in [0.25, 0.3) is 0 Å². The smallest absolute Gasteiger partial charge is 0.331 e. The molecule has 3 aliphatic heterocycles. The molecule has 54 heavy (non-hydrogen) atoms. The van der Waals surface area contributed by atoms with Crippen LogP contribution in [0.15, 0.2) is 48.6 Å². The summed E-state index contributed by atoms with van der Waals surface area (Å²) in [6.07, 6.45) is 11.2. The molecular formula is C44H72O10. The van der Waals surface area contributed by atoms with Gasteiger partial charge in [-0.2, -0.15) is 0 Å². The number of allylic oxidation sites excluding steroid dienone is 4. The standard InChI is InChI=1S/C44H72O10/c1-13-35-27(5)23-43(49,53-33(35)11)31(9)39(47)29(7)41-25(3)19-15-17-22-38(46)52-42(26(4)20-16-18-21-37(45)51-41)30(8)40(48)32(10)44(50)24-28(6)36(14-2)34(12)54-44/h15-22,25-36,39-42,47-50H,13-14,23-24H2,1-12H3/b19-15+,20-16+,21-18+,22-17+/t25-,26-,27?,28?,29-,30-,31-,32-,33+,34+,35-,36-,39+,40+,41?,42?,43+,44+/m0/s1. The highest BCUT2D eigenvalue weighted by molar-refractivity contribution is 5.83. The third-order valence-corrected chi connectivity index (χ3v) is 13.2. The van der Waals surface area contributed by atoms with E-state index in [1.54, 1.807) is 64.2 Å². The van der Waals surface area contributed by atoms with E-state index in [9.17, 15) is 30.0 Å². The molecule has 4 N–H and O–H groups in total. The molecule has 0 saturated carbocycles. The Kier molecular flexibility index (Phi) is 16.8. The van der Waals surface area contributed by atoms with E-state index in [1.807, 2.05) is 27.7 Å². The van der Waals surface area contributed by atoms with Crippen molar-refractivity contribution >= 4 is 11.9 Å². The van der Waals surface area contributed by atoms with Crippen LogP contribution in [0.3, 0.4) is 0 Å². The monoisotopic (exact) mass is 761 g/mol. The van der Waals surface area contributed by atoms with E-state index in [2.05, 4.69) is 27.7 Å². The molecule has 0 amide bonds. The van der Waals surface area contributed by atoms with Crippen LogP contribution in [0.2, 0.25) is 0 Å². The van der Waals surface area contributed by atoms with Crippen LogP contribution < -0.4 is 0 Å². The SMILES string of the molecule is CC[C@H]1C(C)C[C@](O)([C@@H](C)[C@H](O)[C@H](C)C2OC(=O)/C=C/C=C/[C@H](C)C([C@@H](C)[C@@H](O)[C@H](C)[C@@]3(O)CC(C)[C@H](CC)[C@@H](C)O3)OC(=O)/C=C/C=C/[C@@H]2C)O[C@@H]1C. The number of ether oxygens (including phenoxy) is 4. The molecule has 0 aromatic heterocycles. The number of carbonyl (C=O) groups excluding carboxylic acids is 2. The predicted molar refractivity (Wildman–Crippen MR) is 209 cm³/mol. The van der Waals surface area contributed by atoms with Gasteiger partial charge in [0.2, 0.25) is 0 Å². The summed E-state index contributed by atoms with van der Waals surface area (Å²) in [6.45, 7) is 23.2. The third kappa shape index (κ3) is 10.9. The van der Waals surface area contributed by atoms with Crippen molar-refractivity contribution in [3.8, 4) is 0 Å². The van der Waals surface area contributed by atoms with Crippen LogP contribution in [0.25, 0.3) is 0 Å². The van der Waals surface area contributed by atoms with Gasteiger partial charge in [0.1, 0.15) is 12.2 Å². The van der Waals surface area contributed by atoms with Crippen molar-refractivity contribution in [2.75, 3.05) is 0 Å². The summed E-state index contributed by atoms with van der Waals surface area (Å²) in [6, 6.07) is 0. The van der Waals surface area contributed by atoms with Crippen molar-refractivity contribution in [2.24, 2.45) is 59.2 Å². The first-order chi connectivity index (χ1) is 25.2. The Morgan fingerprint density at radius 1 is 0.630 bits per heavy atom. The molecule has 18 atom stereocenters. The van der Waals surface area contributed by atoms with Gasteiger partial charge in [0.15, 0.2) is 11.6 Å². The maximum Gasteiger partial charge on any atom is 0.331 e. The van der Waals surface area contributed by atoms with Crippen LogP contribution in [0.4, 0.5) is 0 Å². The second-order valence-corrected chi connectivity index (χ2v) is 17.1. The maximum absolute atomic E-state index is 13.2. The van der Waals surface area contributed by atoms with Gasteiger partial charge < -0.3 is 39.4 Å². The molecule has 3 aliphatic rings. The maximum atomic E-state index is 13.2. The summed E-state index contributed by atoms with van der Waals surface area (Å²) in [5, 5.41) is 46.6. The van der Waals surface area contributed by atoms with E-state index in [0.29, 0.717) is 24.7 Å². The Morgan fingerprint density at radius 2 is 0.963 bits per heavy atom. The van der Waals surface area contributed by atoms with Crippen LogP contribution in [-0.2, 0) is 28.5 Å². The van der Waals surface area contributed by atoms with E-state index in [4.69, 9.17) is 18.9 Å². The number of esters is 2. The molecule has 3 heterocycles. The summed E-state index contributed by atoms with van der Waals surface area (Å²) < 4.78 is 24.3. The second-order valence-electron chi connectivity index (χ2n) is 17.1. The van der Waals surface area contributed by atoms with Crippen molar-refractivity contribution in [3.05, 3.63) is 48.6 Å². The first-order valence-corrected chi connectivity index (χ1v) is 20.5. The Morgan fingerprint density at radius 3 is 1.26 bits per heavy atom. The minimum Gasteiger partial charge on any atom is -0.458 e. The van der Waals surface area contributed by atoms with E-state index in [0.717, 1.165) is 12.8 Å². The molecule has 4 unspecified atom stereocenters. The summed E-state index contributed by atoms with van der Waals surface area (Å²) >= 11 is 0. The number of hydrogen-bond donors (Lipinski definition) is 4. The molecule has 0 bridgehead atoms. The molecule has 2 saturated heterocycles. The minimum atomic E-state index is -1.54. The lowest BCUT2D eigenvalue weighted by atomic mass is 9.73. The Bertz CT molecular complexity index is 1210.